The monoisotopic (exact) mass is 429 g/mol. The van der Waals surface area contributed by atoms with Crippen LogP contribution in [0.25, 0.3) is 0 Å². The maximum atomic E-state index is 12.6. The molecule has 0 saturated carbocycles. The molecule has 3 amide bonds. The van der Waals surface area contributed by atoms with E-state index >= 15 is 0 Å². The topological polar surface area (TPSA) is 69.7 Å². The number of halogens is 1. The van der Waals surface area contributed by atoms with Gasteiger partial charge in [0.25, 0.3) is 11.8 Å². The van der Waals surface area contributed by atoms with Gasteiger partial charge >= 0.3 is 0 Å². The van der Waals surface area contributed by atoms with Crippen molar-refractivity contribution >= 4 is 33.7 Å². The van der Waals surface area contributed by atoms with Gasteiger partial charge in [0, 0.05) is 36.2 Å². The molecule has 1 saturated heterocycles. The van der Waals surface area contributed by atoms with Gasteiger partial charge in [0.05, 0.1) is 12.1 Å². The van der Waals surface area contributed by atoms with E-state index in [0.29, 0.717) is 37.3 Å². The highest BCUT2D eigenvalue weighted by Crippen LogP contribution is 2.18. The van der Waals surface area contributed by atoms with Gasteiger partial charge in [-0.25, -0.2) is 0 Å². The van der Waals surface area contributed by atoms with Crippen LogP contribution in [-0.4, -0.2) is 60.2 Å². The molecule has 1 N–H and O–H groups in total. The first-order valence-corrected chi connectivity index (χ1v) is 9.50. The Labute approximate surface area is 166 Å². The van der Waals surface area contributed by atoms with Crippen LogP contribution in [0.1, 0.15) is 20.7 Å². The van der Waals surface area contributed by atoms with Crippen LogP contribution in [0.3, 0.4) is 0 Å². The molecule has 0 atom stereocenters. The van der Waals surface area contributed by atoms with Crippen LogP contribution in [0.5, 0.6) is 0 Å². The third-order valence-electron chi connectivity index (χ3n) is 4.46. The van der Waals surface area contributed by atoms with Gasteiger partial charge in [0.2, 0.25) is 5.91 Å². The van der Waals surface area contributed by atoms with E-state index in [2.05, 4.69) is 21.2 Å². The number of benzene rings is 2. The summed E-state index contributed by atoms with van der Waals surface area (Å²) < 4.78 is 0.761. The van der Waals surface area contributed by atoms with Crippen molar-refractivity contribution in [2.45, 2.75) is 0 Å². The molecule has 1 aliphatic rings. The number of nitrogens with zero attached hydrogens (tertiary/aromatic N) is 2. The van der Waals surface area contributed by atoms with Gasteiger partial charge in [0.15, 0.2) is 0 Å². The van der Waals surface area contributed by atoms with Crippen LogP contribution in [0.2, 0.25) is 0 Å². The predicted octanol–water partition coefficient (Wildman–Crippen LogP) is 2.16. The molecule has 1 fully saturated rings. The maximum absolute atomic E-state index is 12.6. The second-order valence-corrected chi connectivity index (χ2v) is 7.06. The minimum absolute atomic E-state index is 0.0491. The van der Waals surface area contributed by atoms with E-state index in [0.717, 1.165) is 4.47 Å². The summed E-state index contributed by atoms with van der Waals surface area (Å²) in [5.41, 5.74) is 1.14. The number of rotatable bonds is 4. The Balaban J connectivity index is 1.49. The number of carbonyl (C=O) groups is 3. The number of nitrogens with one attached hydrogen (secondary N) is 1. The van der Waals surface area contributed by atoms with E-state index in [1.807, 2.05) is 24.3 Å². The quantitative estimate of drug-likeness (QED) is 0.809. The molecule has 3 rings (SSSR count). The number of piperazine rings is 1. The molecule has 2 aromatic rings. The minimum atomic E-state index is -0.272. The lowest BCUT2D eigenvalue weighted by Crippen LogP contribution is -2.52. The summed E-state index contributed by atoms with van der Waals surface area (Å²) in [5, 5.41) is 2.65. The third kappa shape index (κ3) is 4.74. The van der Waals surface area contributed by atoms with Crippen molar-refractivity contribution in [1.82, 2.24) is 15.1 Å². The normalized spacial score (nSPS) is 14.0. The molecule has 0 aliphatic carbocycles. The number of hydrogen-bond donors (Lipinski definition) is 1. The highest BCUT2D eigenvalue weighted by Gasteiger charge is 2.25. The molecule has 1 aliphatic heterocycles. The molecule has 7 heteroatoms. The van der Waals surface area contributed by atoms with Gasteiger partial charge < -0.3 is 15.1 Å². The van der Waals surface area contributed by atoms with Crippen molar-refractivity contribution in [1.29, 1.82) is 0 Å². The van der Waals surface area contributed by atoms with E-state index in [-0.39, 0.29) is 24.3 Å². The molecule has 2 aromatic carbocycles. The second kappa shape index (κ2) is 8.81. The molecular weight excluding hydrogens is 410 g/mol. The van der Waals surface area contributed by atoms with Crippen molar-refractivity contribution < 1.29 is 14.4 Å². The molecule has 1 heterocycles. The molecule has 0 bridgehead atoms. The van der Waals surface area contributed by atoms with Crippen LogP contribution in [0.15, 0.2) is 59.1 Å². The maximum Gasteiger partial charge on any atom is 0.255 e. The lowest BCUT2D eigenvalue weighted by molar-refractivity contribution is -0.131. The van der Waals surface area contributed by atoms with Crippen LogP contribution in [-0.2, 0) is 4.79 Å². The summed E-state index contributed by atoms with van der Waals surface area (Å²) >= 11 is 3.40. The summed E-state index contributed by atoms with van der Waals surface area (Å²) in [6.07, 6.45) is 0. The Bertz CT molecular complexity index is 833. The van der Waals surface area contributed by atoms with E-state index in [9.17, 15) is 14.4 Å². The fourth-order valence-electron chi connectivity index (χ4n) is 2.92. The largest absolute Gasteiger partial charge is 0.343 e. The zero-order valence-electron chi connectivity index (χ0n) is 14.7. The first-order chi connectivity index (χ1) is 13.1. The van der Waals surface area contributed by atoms with E-state index in [4.69, 9.17) is 0 Å². The molecule has 0 unspecified atom stereocenters. The first kappa shape index (κ1) is 19.1. The average Bonchev–Trinajstić information content (AvgIpc) is 2.72. The van der Waals surface area contributed by atoms with Gasteiger partial charge in [-0.1, -0.05) is 30.3 Å². The lowest BCUT2D eigenvalue weighted by Gasteiger charge is -2.35. The zero-order chi connectivity index (χ0) is 19.2. The Morgan fingerprint density at radius 2 is 1.44 bits per heavy atom. The Kier molecular flexibility index (Phi) is 6.24. The van der Waals surface area contributed by atoms with E-state index in [1.165, 1.54) is 0 Å². The highest BCUT2D eigenvalue weighted by atomic mass is 79.9. The number of amides is 3. The van der Waals surface area contributed by atoms with Crippen LogP contribution in [0.4, 0.5) is 0 Å². The van der Waals surface area contributed by atoms with Crippen LogP contribution in [0, 0.1) is 0 Å². The highest BCUT2D eigenvalue weighted by molar-refractivity contribution is 9.10. The van der Waals surface area contributed by atoms with Crippen molar-refractivity contribution in [3.63, 3.8) is 0 Å². The molecule has 0 radical (unpaired) electrons. The van der Waals surface area contributed by atoms with Crippen molar-refractivity contribution in [3.05, 3.63) is 70.2 Å². The fraction of sp³-hybridized carbons (Fsp3) is 0.250. The molecular formula is C20H20BrN3O3. The number of hydrogen-bond acceptors (Lipinski definition) is 3. The van der Waals surface area contributed by atoms with Crippen molar-refractivity contribution in [3.8, 4) is 0 Å². The second-order valence-electron chi connectivity index (χ2n) is 6.20. The standard InChI is InChI=1S/C20H20BrN3O3/c21-17-9-5-4-8-16(17)20(27)24-12-10-23(11-13-24)18(25)14-22-19(26)15-6-2-1-3-7-15/h1-9H,10-14H2,(H,22,26). The van der Waals surface area contributed by atoms with E-state index < -0.39 is 0 Å². The summed E-state index contributed by atoms with van der Waals surface area (Å²) in [7, 11) is 0. The van der Waals surface area contributed by atoms with Gasteiger partial charge in [-0.15, -0.1) is 0 Å². The molecule has 27 heavy (non-hydrogen) atoms. The summed E-state index contributed by atoms with van der Waals surface area (Å²) in [6.45, 7) is 1.80. The van der Waals surface area contributed by atoms with Crippen molar-refractivity contribution in [2.24, 2.45) is 0 Å². The minimum Gasteiger partial charge on any atom is -0.343 e. The summed E-state index contributed by atoms with van der Waals surface area (Å²) in [4.78, 5) is 40.4. The zero-order valence-corrected chi connectivity index (χ0v) is 16.3. The molecule has 0 spiro atoms. The third-order valence-corrected chi connectivity index (χ3v) is 5.15. The van der Waals surface area contributed by atoms with Crippen LogP contribution < -0.4 is 5.32 Å². The first-order valence-electron chi connectivity index (χ1n) is 8.71. The predicted molar refractivity (Wildman–Crippen MR) is 105 cm³/mol. The van der Waals surface area contributed by atoms with Gasteiger partial charge in [-0.3, -0.25) is 14.4 Å². The SMILES string of the molecule is O=C(NCC(=O)N1CCN(C(=O)c2ccccc2Br)CC1)c1ccccc1. The smallest absolute Gasteiger partial charge is 0.255 e. The lowest BCUT2D eigenvalue weighted by atomic mass is 10.2. The van der Waals surface area contributed by atoms with Crippen molar-refractivity contribution in [2.75, 3.05) is 32.7 Å². The van der Waals surface area contributed by atoms with Gasteiger partial charge in [-0.2, -0.15) is 0 Å². The summed E-state index contributed by atoms with van der Waals surface area (Å²) in [6, 6.07) is 16.1. The van der Waals surface area contributed by atoms with Gasteiger partial charge in [0.1, 0.15) is 0 Å². The Hall–Kier alpha value is -2.67. The molecule has 0 aromatic heterocycles. The summed E-state index contributed by atoms with van der Waals surface area (Å²) in [5.74, 6) is -0.467. The molecule has 6 nitrogen and oxygen atoms in total. The Morgan fingerprint density at radius 1 is 0.852 bits per heavy atom. The van der Waals surface area contributed by atoms with E-state index in [1.54, 1.807) is 40.1 Å². The van der Waals surface area contributed by atoms with Crippen LogP contribution >= 0.6 is 15.9 Å². The Morgan fingerprint density at radius 3 is 2.11 bits per heavy atom. The average molecular weight is 430 g/mol. The number of carbonyl (C=O) groups excluding carboxylic acids is 3. The van der Waals surface area contributed by atoms with Gasteiger partial charge in [-0.05, 0) is 40.2 Å². The fourth-order valence-corrected chi connectivity index (χ4v) is 3.38. The molecule has 140 valence electrons.